The van der Waals surface area contributed by atoms with E-state index in [0.717, 1.165) is 51.4 Å². The second-order valence-electron chi connectivity index (χ2n) is 4.32. The third-order valence-corrected chi connectivity index (χ3v) is 3.20. The van der Waals surface area contributed by atoms with Crippen LogP contribution >= 0.6 is 0 Å². The molecule has 1 atom stereocenters. The average Bonchev–Trinajstić information content (AvgIpc) is 2.89. The van der Waals surface area contributed by atoms with Gasteiger partial charge in [0.1, 0.15) is 0 Å². The van der Waals surface area contributed by atoms with E-state index in [1.807, 2.05) is 0 Å². The summed E-state index contributed by atoms with van der Waals surface area (Å²) < 4.78 is 7.45. The van der Waals surface area contributed by atoms with Gasteiger partial charge in [-0.2, -0.15) is 0 Å². The SMILES string of the molecule is C1Cc2c(nnn2CC2CCOC2)CN1. The minimum Gasteiger partial charge on any atom is -0.381 e. The molecule has 0 radical (unpaired) electrons. The average molecular weight is 208 g/mol. The zero-order valence-electron chi connectivity index (χ0n) is 8.78. The van der Waals surface area contributed by atoms with Crippen LogP contribution in [0.3, 0.4) is 0 Å². The summed E-state index contributed by atoms with van der Waals surface area (Å²) in [5.41, 5.74) is 2.45. The lowest BCUT2D eigenvalue weighted by Crippen LogP contribution is -2.26. The number of hydrogen-bond acceptors (Lipinski definition) is 4. The predicted molar refractivity (Wildman–Crippen MR) is 54.4 cm³/mol. The van der Waals surface area contributed by atoms with Crippen LogP contribution in [0.25, 0.3) is 0 Å². The van der Waals surface area contributed by atoms with Crippen molar-refractivity contribution in [3.8, 4) is 0 Å². The Labute approximate surface area is 88.8 Å². The van der Waals surface area contributed by atoms with Crippen LogP contribution in [0.2, 0.25) is 0 Å². The quantitative estimate of drug-likeness (QED) is 0.741. The molecule has 3 heterocycles. The van der Waals surface area contributed by atoms with Crippen molar-refractivity contribution in [2.75, 3.05) is 19.8 Å². The first-order valence-corrected chi connectivity index (χ1v) is 5.63. The summed E-state index contributed by atoms with van der Waals surface area (Å²) in [6.07, 6.45) is 2.21. The van der Waals surface area contributed by atoms with Crippen molar-refractivity contribution >= 4 is 0 Å². The molecular weight excluding hydrogens is 192 g/mol. The Morgan fingerprint density at radius 3 is 3.40 bits per heavy atom. The smallest absolute Gasteiger partial charge is 0.0997 e. The van der Waals surface area contributed by atoms with E-state index in [-0.39, 0.29) is 0 Å². The third kappa shape index (κ3) is 1.77. The molecule has 0 aromatic carbocycles. The summed E-state index contributed by atoms with van der Waals surface area (Å²) in [5, 5.41) is 11.7. The van der Waals surface area contributed by atoms with Crippen LogP contribution in [0.15, 0.2) is 0 Å². The number of rotatable bonds is 2. The second-order valence-corrected chi connectivity index (χ2v) is 4.32. The number of aromatic nitrogens is 3. The van der Waals surface area contributed by atoms with Crippen LogP contribution in [0.5, 0.6) is 0 Å². The Morgan fingerprint density at radius 1 is 1.53 bits per heavy atom. The highest BCUT2D eigenvalue weighted by molar-refractivity contribution is 5.13. The Morgan fingerprint density at radius 2 is 2.53 bits per heavy atom. The lowest BCUT2D eigenvalue weighted by Gasteiger charge is -2.15. The van der Waals surface area contributed by atoms with Gasteiger partial charge in [-0.05, 0) is 6.42 Å². The van der Waals surface area contributed by atoms with Gasteiger partial charge in [0.2, 0.25) is 0 Å². The van der Waals surface area contributed by atoms with E-state index in [9.17, 15) is 0 Å². The first kappa shape index (κ1) is 9.30. The lowest BCUT2D eigenvalue weighted by molar-refractivity contribution is 0.181. The molecule has 15 heavy (non-hydrogen) atoms. The van der Waals surface area contributed by atoms with E-state index in [0.29, 0.717) is 5.92 Å². The topological polar surface area (TPSA) is 52.0 Å². The normalized spacial score (nSPS) is 25.5. The van der Waals surface area contributed by atoms with Gasteiger partial charge >= 0.3 is 0 Å². The first-order valence-electron chi connectivity index (χ1n) is 5.63. The number of ether oxygens (including phenoxy) is 1. The van der Waals surface area contributed by atoms with E-state index < -0.39 is 0 Å². The van der Waals surface area contributed by atoms with Crippen molar-refractivity contribution in [1.29, 1.82) is 0 Å². The highest BCUT2D eigenvalue weighted by Crippen LogP contribution is 2.17. The molecule has 0 aliphatic carbocycles. The van der Waals surface area contributed by atoms with Gasteiger partial charge in [-0.15, -0.1) is 5.10 Å². The van der Waals surface area contributed by atoms with Crippen molar-refractivity contribution in [3.05, 3.63) is 11.4 Å². The van der Waals surface area contributed by atoms with Gasteiger partial charge in [-0.1, -0.05) is 5.21 Å². The number of nitrogens with one attached hydrogen (secondary N) is 1. The Hall–Kier alpha value is -0.940. The molecule has 0 bridgehead atoms. The largest absolute Gasteiger partial charge is 0.381 e. The van der Waals surface area contributed by atoms with Crippen LogP contribution in [0.1, 0.15) is 17.8 Å². The minimum absolute atomic E-state index is 0.630. The molecule has 1 fully saturated rings. The molecule has 1 aromatic rings. The van der Waals surface area contributed by atoms with Crippen LogP contribution in [-0.2, 0) is 24.2 Å². The molecular formula is C10H16N4O. The van der Waals surface area contributed by atoms with Crippen LogP contribution in [0, 0.1) is 5.92 Å². The number of fused-ring (bicyclic) bond motifs is 1. The summed E-state index contributed by atoms with van der Waals surface area (Å²) >= 11 is 0. The Kier molecular flexibility index (Phi) is 2.42. The predicted octanol–water partition coefficient (Wildman–Crippen LogP) is -0.0397. The molecule has 3 rings (SSSR count). The fraction of sp³-hybridized carbons (Fsp3) is 0.800. The van der Waals surface area contributed by atoms with E-state index in [1.165, 1.54) is 5.69 Å². The zero-order valence-corrected chi connectivity index (χ0v) is 8.78. The van der Waals surface area contributed by atoms with Crippen molar-refractivity contribution in [1.82, 2.24) is 20.3 Å². The molecule has 1 N–H and O–H groups in total. The summed E-state index contributed by atoms with van der Waals surface area (Å²) in [7, 11) is 0. The highest BCUT2D eigenvalue weighted by Gasteiger charge is 2.21. The van der Waals surface area contributed by atoms with E-state index >= 15 is 0 Å². The van der Waals surface area contributed by atoms with Gasteiger partial charge in [-0.25, -0.2) is 4.68 Å². The molecule has 1 saturated heterocycles. The summed E-state index contributed by atoms with van der Waals surface area (Å²) in [5.74, 6) is 0.630. The Bertz CT molecular complexity index is 343. The lowest BCUT2D eigenvalue weighted by atomic mass is 10.1. The second kappa shape index (κ2) is 3.90. The molecule has 0 saturated carbocycles. The van der Waals surface area contributed by atoms with E-state index in [2.05, 4.69) is 20.3 Å². The fourth-order valence-electron chi connectivity index (χ4n) is 2.31. The summed E-state index contributed by atoms with van der Waals surface area (Å²) in [4.78, 5) is 0. The summed E-state index contributed by atoms with van der Waals surface area (Å²) in [6.45, 7) is 4.68. The molecule has 1 unspecified atom stereocenters. The first-order chi connectivity index (χ1) is 7.43. The molecule has 82 valence electrons. The van der Waals surface area contributed by atoms with E-state index in [4.69, 9.17) is 4.74 Å². The van der Waals surface area contributed by atoms with Crippen molar-refractivity contribution in [2.45, 2.75) is 25.9 Å². The molecule has 0 amide bonds. The Balaban J connectivity index is 1.76. The minimum atomic E-state index is 0.630. The van der Waals surface area contributed by atoms with Crippen molar-refractivity contribution in [3.63, 3.8) is 0 Å². The maximum atomic E-state index is 5.38. The van der Waals surface area contributed by atoms with Crippen LogP contribution in [0.4, 0.5) is 0 Å². The third-order valence-electron chi connectivity index (χ3n) is 3.20. The van der Waals surface area contributed by atoms with Gasteiger partial charge in [0.15, 0.2) is 0 Å². The fourth-order valence-corrected chi connectivity index (χ4v) is 2.31. The molecule has 2 aliphatic heterocycles. The van der Waals surface area contributed by atoms with Gasteiger partial charge in [-0.3, -0.25) is 0 Å². The molecule has 5 nitrogen and oxygen atoms in total. The van der Waals surface area contributed by atoms with Gasteiger partial charge < -0.3 is 10.1 Å². The number of nitrogens with zero attached hydrogens (tertiary/aromatic N) is 3. The molecule has 0 spiro atoms. The van der Waals surface area contributed by atoms with Crippen molar-refractivity contribution < 1.29 is 4.74 Å². The molecule has 2 aliphatic rings. The maximum absolute atomic E-state index is 5.38. The van der Waals surface area contributed by atoms with Gasteiger partial charge in [0, 0.05) is 38.6 Å². The maximum Gasteiger partial charge on any atom is 0.0997 e. The van der Waals surface area contributed by atoms with Crippen LogP contribution in [-0.4, -0.2) is 34.8 Å². The van der Waals surface area contributed by atoms with Crippen molar-refractivity contribution in [2.24, 2.45) is 5.92 Å². The van der Waals surface area contributed by atoms with Gasteiger partial charge in [0.05, 0.1) is 18.0 Å². The number of hydrogen-bond donors (Lipinski definition) is 1. The summed E-state index contributed by atoms with van der Waals surface area (Å²) in [6, 6.07) is 0. The van der Waals surface area contributed by atoms with E-state index in [1.54, 1.807) is 0 Å². The highest BCUT2D eigenvalue weighted by atomic mass is 16.5. The monoisotopic (exact) mass is 208 g/mol. The standard InChI is InChI=1S/C10H16N4O/c1-3-11-5-9-10(1)14(13-12-9)6-8-2-4-15-7-8/h8,11H,1-7H2. The molecule has 1 aromatic heterocycles. The van der Waals surface area contributed by atoms with Crippen LogP contribution < -0.4 is 5.32 Å². The zero-order chi connectivity index (χ0) is 10.1. The van der Waals surface area contributed by atoms with Gasteiger partial charge in [0.25, 0.3) is 0 Å². The molecule has 5 heteroatoms.